The molecule has 10 heteroatoms. The lowest BCUT2D eigenvalue weighted by Crippen LogP contribution is -2.26. The molecule has 0 aliphatic carbocycles. The summed E-state index contributed by atoms with van der Waals surface area (Å²) in [7, 11) is -3.74. The standard InChI is InChI=1S/C17H14FN3O5S/c18-13-4-2-1-3-12(13)17-20-16(26-21-17)7-8-19-27(22,23)11-5-6-14-15(9-11)25-10-24-14/h1-6,9,19H,7-8,10H2. The highest BCUT2D eigenvalue weighted by atomic mass is 32.2. The molecule has 27 heavy (non-hydrogen) atoms. The number of rotatable bonds is 6. The van der Waals surface area contributed by atoms with Gasteiger partial charge in [0.1, 0.15) is 5.82 Å². The smallest absolute Gasteiger partial charge is 0.240 e. The Morgan fingerprint density at radius 2 is 1.93 bits per heavy atom. The molecule has 2 aromatic carbocycles. The fourth-order valence-electron chi connectivity index (χ4n) is 2.53. The Bertz CT molecular complexity index is 1080. The third-order valence-corrected chi connectivity index (χ3v) is 5.33. The fraction of sp³-hybridized carbons (Fsp3) is 0.176. The van der Waals surface area contributed by atoms with E-state index in [1.807, 2.05) is 0 Å². The molecule has 1 aromatic heterocycles. The van der Waals surface area contributed by atoms with Crippen LogP contribution in [0.1, 0.15) is 5.89 Å². The van der Waals surface area contributed by atoms with Gasteiger partial charge in [-0.1, -0.05) is 17.3 Å². The first-order valence-corrected chi connectivity index (χ1v) is 9.48. The van der Waals surface area contributed by atoms with E-state index in [-0.39, 0.29) is 41.9 Å². The molecule has 0 bridgehead atoms. The van der Waals surface area contributed by atoms with E-state index in [0.717, 1.165) is 0 Å². The zero-order valence-electron chi connectivity index (χ0n) is 13.9. The number of fused-ring (bicyclic) bond motifs is 1. The molecule has 0 fully saturated rings. The van der Waals surface area contributed by atoms with Gasteiger partial charge >= 0.3 is 0 Å². The van der Waals surface area contributed by atoms with Crippen LogP contribution in [-0.2, 0) is 16.4 Å². The fourth-order valence-corrected chi connectivity index (χ4v) is 3.57. The summed E-state index contributed by atoms with van der Waals surface area (Å²) < 4.78 is 56.3. The molecule has 0 amide bonds. The minimum absolute atomic E-state index is 0.0374. The first-order chi connectivity index (χ1) is 13.0. The molecule has 0 saturated carbocycles. The van der Waals surface area contributed by atoms with Gasteiger partial charge < -0.3 is 14.0 Å². The maximum atomic E-state index is 13.7. The molecule has 3 aromatic rings. The number of hydrogen-bond donors (Lipinski definition) is 1. The summed E-state index contributed by atoms with van der Waals surface area (Å²) in [5.41, 5.74) is 0.216. The second-order valence-corrected chi connectivity index (χ2v) is 7.42. The van der Waals surface area contributed by atoms with Gasteiger partial charge in [-0.15, -0.1) is 0 Å². The van der Waals surface area contributed by atoms with Crippen molar-refractivity contribution in [3.05, 3.63) is 54.2 Å². The molecule has 140 valence electrons. The van der Waals surface area contributed by atoms with Gasteiger partial charge in [-0.25, -0.2) is 17.5 Å². The number of sulfonamides is 1. The molecule has 0 spiro atoms. The van der Waals surface area contributed by atoms with Crippen LogP contribution in [0.5, 0.6) is 11.5 Å². The molecule has 0 saturated heterocycles. The van der Waals surface area contributed by atoms with Crippen molar-refractivity contribution in [2.45, 2.75) is 11.3 Å². The van der Waals surface area contributed by atoms with Gasteiger partial charge in [-0.2, -0.15) is 4.98 Å². The zero-order chi connectivity index (χ0) is 18.9. The van der Waals surface area contributed by atoms with Crippen LogP contribution >= 0.6 is 0 Å². The van der Waals surface area contributed by atoms with Crippen LogP contribution in [0.3, 0.4) is 0 Å². The number of ether oxygens (including phenoxy) is 2. The van der Waals surface area contributed by atoms with Crippen LogP contribution in [0, 0.1) is 5.82 Å². The van der Waals surface area contributed by atoms with E-state index in [0.29, 0.717) is 11.5 Å². The normalized spacial score (nSPS) is 13.1. The van der Waals surface area contributed by atoms with Crippen LogP contribution < -0.4 is 14.2 Å². The average Bonchev–Trinajstić information content (AvgIpc) is 3.30. The number of aromatic nitrogens is 2. The second kappa shape index (κ2) is 6.97. The summed E-state index contributed by atoms with van der Waals surface area (Å²) in [6.45, 7) is 0.101. The molecule has 0 unspecified atom stereocenters. The Hall–Kier alpha value is -2.98. The number of benzene rings is 2. The highest BCUT2D eigenvalue weighted by Gasteiger charge is 2.20. The SMILES string of the molecule is O=S(=O)(NCCc1nc(-c2ccccc2F)no1)c1ccc2c(c1)OCO2. The van der Waals surface area contributed by atoms with E-state index in [1.54, 1.807) is 12.1 Å². The zero-order valence-corrected chi connectivity index (χ0v) is 14.7. The molecule has 0 atom stereocenters. The minimum Gasteiger partial charge on any atom is -0.454 e. The summed E-state index contributed by atoms with van der Waals surface area (Å²) in [6.07, 6.45) is 0.158. The lowest BCUT2D eigenvalue weighted by atomic mass is 10.2. The topological polar surface area (TPSA) is 104 Å². The highest BCUT2D eigenvalue weighted by molar-refractivity contribution is 7.89. The number of halogens is 1. The average molecular weight is 391 g/mol. The summed E-state index contributed by atoms with van der Waals surface area (Å²) in [5, 5.41) is 3.73. The third-order valence-electron chi connectivity index (χ3n) is 3.87. The van der Waals surface area contributed by atoms with Crippen molar-refractivity contribution in [2.24, 2.45) is 0 Å². The van der Waals surface area contributed by atoms with Crippen molar-refractivity contribution in [3.63, 3.8) is 0 Å². The van der Waals surface area contributed by atoms with E-state index >= 15 is 0 Å². The lowest BCUT2D eigenvalue weighted by Gasteiger charge is -2.06. The van der Waals surface area contributed by atoms with Crippen LogP contribution in [-0.4, -0.2) is 31.9 Å². The minimum atomic E-state index is -3.74. The first-order valence-electron chi connectivity index (χ1n) is 8.00. The Kier molecular flexibility index (Phi) is 4.50. The largest absolute Gasteiger partial charge is 0.454 e. The van der Waals surface area contributed by atoms with Crippen molar-refractivity contribution in [3.8, 4) is 22.9 Å². The van der Waals surface area contributed by atoms with Crippen molar-refractivity contribution < 1.29 is 26.8 Å². The van der Waals surface area contributed by atoms with Crippen LogP contribution in [0.15, 0.2) is 51.9 Å². The number of nitrogens with one attached hydrogen (secondary N) is 1. The van der Waals surface area contributed by atoms with Gasteiger partial charge in [-0.05, 0) is 24.3 Å². The third kappa shape index (κ3) is 3.62. The lowest BCUT2D eigenvalue weighted by molar-refractivity contribution is 0.174. The molecule has 4 rings (SSSR count). The summed E-state index contributed by atoms with van der Waals surface area (Å²) >= 11 is 0. The first kappa shape index (κ1) is 17.4. The predicted octanol–water partition coefficient (Wildman–Crippen LogP) is 2.13. The Morgan fingerprint density at radius 1 is 1.11 bits per heavy atom. The van der Waals surface area contributed by atoms with E-state index < -0.39 is 15.8 Å². The summed E-state index contributed by atoms with van der Waals surface area (Å²) in [6, 6.07) is 10.4. The molecular formula is C17H14FN3O5S. The molecule has 1 N–H and O–H groups in total. The molecule has 1 aliphatic rings. The summed E-state index contributed by atoms with van der Waals surface area (Å²) in [4.78, 5) is 4.15. The monoisotopic (exact) mass is 391 g/mol. The maximum Gasteiger partial charge on any atom is 0.240 e. The van der Waals surface area contributed by atoms with E-state index in [1.165, 1.54) is 30.3 Å². The maximum absolute atomic E-state index is 13.7. The van der Waals surface area contributed by atoms with E-state index in [2.05, 4.69) is 14.9 Å². The van der Waals surface area contributed by atoms with Gasteiger partial charge in [-0.3, -0.25) is 0 Å². The van der Waals surface area contributed by atoms with Gasteiger partial charge in [0.15, 0.2) is 11.5 Å². The summed E-state index contributed by atoms with van der Waals surface area (Å²) in [5.74, 6) is 0.724. The van der Waals surface area contributed by atoms with Crippen molar-refractivity contribution in [1.82, 2.24) is 14.9 Å². The van der Waals surface area contributed by atoms with Gasteiger partial charge in [0.2, 0.25) is 28.5 Å². The predicted molar refractivity (Wildman–Crippen MR) is 91.1 cm³/mol. The van der Waals surface area contributed by atoms with Gasteiger partial charge in [0.25, 0.3) is 0 Å². The van der Waals surface area contributed by atoms with Crippen molar-refractivity contribution >= 4 is 10.0 Å². The molecular weight excluding hydrogens is 377 g/mol. The van der Waals surface area contributed by atoms with Crippen molar-refractivity contribution in [1.29, 1.82) is 0 Å². The van der Waals surface area contributed by atoms with Crippen LogP contribution in [0.4, 0.5) is 4.39 Å². The van der Waals surface area contributed by atoms with E-state index in [4.69, 9.17) is 14.0 Å². The molecule has 2 heterocycles. The Balaban J connectivity index is 1.40. The molecule has 0 radical (unpaired) electrons. The van der Waals surface area contributed by atoms with Crippen LogP contribution in [0.2, 0.25) is 0 Å². The Labute approximate surface area is 154 Å². The highest BCUT2D eigenvalue weighted by Crippen LogP contribution is 2.33. The number of nitrogens with zero attached hydrogens (tertiary/aromatic N) is 2. The van der Waals surface area contributed by atoms with Gasteiger partial charge in [0, 0.05) is 19.0 Å². The molecule has 8 nitrogen and oxygen atoms in total. The quantitative estimate of drug-likeness (QED) is 0.686. The molecule has 1 aliphatic heterocycles. The van der Waals surface area contributed by atoms with Gasteiger partial charge in [0.05, 0.1) is 10.5 Å². The van der Waals surface area contributed by atoms with E-state index in [9.17, 15) is 12.8 Å². The number of hydrogen-bond acceptors (Lipinski definition) is 7. The second-order valence-electron chi connectivity index (χ2n) is 5.65. The Morgan fingerprint density at radius 3 is 2.78 bits per heavy atom. The van der Waals surface area contributed by atoms with Crippen LogP contribution in [0.25, 0.3) is 11.4 Å². The van der Waals surface area contributed by atoms with Crippen molar-refractivity contribution in [2.75, 3.05) is 13.3 Å².